The molecule has 0 bridgehead atoms. The molecule has 5 rings (SSSR count). The molecule has 0 unspecified atom stereocenters. The van der Waals surface area contributed by atoms with E-state index in [2.05, 4.69) is 46.6 Å². The van der Waals surface area contributed by atoms with Crippen molar-refractivity contribution >= 4 is 23.2 Å². The topological polar surface area (TPSA) is 85.9 Å². The van der Waals surface area contributed by atoms with Crippen molar-refractivity contribution in [2.75, 3.05) is 25.5 Å². The molecule has 0 aliphatic heterocycles. The lowest BCUT2D eigenvalue weighted by Gasteiger charge is -2.19. The summed E-state index contributed by atoms with van der Waals surface area (Å²) in [5, 5.41) is 27.9. The quantitative estimate of drug-likeness (QED) is 0.187. The fourth-order valence-corrected chi connectivity index (χ4v) is 5.27. The monoisotopic (exact) mass is 525 g/mol. The second-order valence-electron chi connectivity index (χ2n) is 9.33. The van der Waals surface area contributed by atoms with Gasteiger partial charge in [0.1, 0.15) is 17.3 Å². The molecule has 0 saturated carbocycles. The smallest absolute Gasteiger partial charge is 0.160 e. The summed E-state index contributed by atoms with van der Waals surface area (Å²) in [7, 11) is 2.14. The molecule has 0 atom stereocenters. The van der Waals surface area contributed by atoms with Gasteiger partial charge in [0.25, 0.3) is 0 Å². The van der Waals surface area contributed by atoms with E-state index in [0.29, 0.717) is 11.3 Å². The van der Waals surface area contributed by atoms with E-state index in [1.165, 1.54) is 10.5 Å². The van der Waals surface area contributed by atoms with Gasteiger partial charge < -0.3 is 20.4 Å². The summed E-state index contributed by atoms with van der Waals surface area (Å²) in [6.07, 6.45) is 2.75. The van der Waals surface area contributed by atoms with Crippen molar-refractivity contribution in [1.82, 2.24) is 19.5 Å². The van der Waals surface area contributed by atoms with Crippen LogP contribution in [0.3, 0.4) is 0 Å². The van der Waals surface area contributed by atoms with Gasteiger partial charge in [-0.15, -0.1) is 0 Å². The SMILES string of the molecule is Cc1cnn2c(NCCCN(C)Cc3ccccc3Sc3ccc(O)cc3)cc(-c3ccccc3O)nc12. The number of aromatic nitrogens is 3. The van der Waals surface area contributed by atoms with Gasteiger partial charge in [-0.05, 0) is 75.0 Å². The third kappa shape index (κ3) is 5.93. The summed E-state index contributed by atoms with van der Waals surface area (Å²) in [5.74, 6) is 1.33. The number of para-hydroxylation sites is 1. The van der Waals surface area contributed by atoms with E-state index in [9.17, 15) is 10.2 Å². The summed E-state index contributed by atoms with van der Waals surface area (Å²) in [6, 6.07) is 25.0. The average molecular weight is 526 g/mol. The van der Waals surface area contributed by atoms with E-state index in [4.69, 9.17) is 4.98 Å². The van der Waals surface area contributed by atoms with Crippen molar-refractivity contribution in [1.29, 1.82) is 0 Å². The molecule has 0 fully saturated rings. The highest BCUT2D eigenvalue weighted by atomic mass is 32.2. The van der Waals surface area contributed by atoms with Crippen LogP contribution in [0, 0.1) is 6.92 Å². The van der Waals surface area contributed by atoms with E-state index in [1.807, 2.05) is 54.0 Å². The molecular formula is C30H31N5O2S. The molecule has 38 heavy (non-hydrogen) atoms. The fourth-order valence-electron chi connectivity index (χ4n) is 4.34. The summed E-state index contributed by atoms with van der Waals surface area (Å²) < 4.78 is 1.82. The molecule has 0 amide bonds. The van der Waals surface area contributed by atoms with Crippen LogP contribution in [-0.2, 0) is 6.54 Å². The van der Waals surface area contributed by atoms with Crippen LogP contribution in [0.5, 0.6) is 11.5 Å². The average Bonchev–Trinajstić information content (AvgIpc) is 3.30. The second kappa shape index (κ2) is 11.6. The minimum absolute atomic E-state index is 0.206. The number of aromatic hydroxyl groups is 2. The van der Waals surface area contributed by atoms with Crippen molar-refractivity contribution < 1.29 is 10.2 Å². The minimum Gasteiger partial charge on any atom is -0.508 e. The Kier molecular flexibility index (Phi) is 7.81. The maximum Gasteiger partial charge on any atom is 0.160 e. The molecule has 5 aromatic rings. The number of hydrogen-bond acceptors (Lipinski definition) is 7. The van der Waals surface area contributed by atoms with Gasteiger partial charge in [-0.2, -0.15) is 9.61 Å². The van der Waals surface area contributed by atoms with Gasteiger partial charge in [0.2, 0.25) is 0 Å². The first kappa shape index (κ1) is 25.6. The predicted molar refractivity (Wildman–Crippen MR) is 153 cm³/mol. The van der Waals surface area contributed by atoms with Crippen LogP contribution in [-0.4, -0.2) is 49.8 Å². The zero-order chi connectivity index (χ0) is 26.5. The number of hydrogen-bond donors (Lipinski definition) is 3. The van der Waals surface area contributed by atoms with Gasteiger partial charge in [0.15, 0.2) is 5.65 Å². The number of aryl methyl sites for hydroxylation is 1. The maximum atomic E-state index is 10.4. The van der Waals surface area contributed by atoms with Crippen LogP contribution in [0.15, 0.2) is 94.9 Å². The van der Waals surface area contributed by atoms with Gasteiger partial charge in [-0.3, -0.25) is 0 Å². The molecule has 0 saturated heterocycles. The lowest BCUT2D eigenvalue weighted by molar-refractivity contribution is 0.323. The van der Waals surface area contributed by atoms with Crippen molar-refractivity contribution in [3.63, 3.8) is 0 Å². The van der Waals surface area contributed by atoms with E-state index >= 15 is 0 Å². The molecule has 0 aliphatic carbocycles. The number of anilines is 1. The summed E-state index contributed by atoms with van der Waals surface area (Å²) in [4.78, 5) is 9.39. The Labute approximate surface area is 226 Å². The molecular weight excluding hydrogens is 494 g/mol. The Morgan fingerprint density at radius 2 is 1.74 bits per heavy atom. The Balaban J connectivity index is 1.22. The number of benzene rings is 3. The summed E-state index contributed by atoms with van der Waals surface area (Å²) >= 11 is 1.71. The highest BCUT2D eigenvalue weighted by Gasteiger charge is 2.13. The van der Waals surface area contributed by atoms with Crippen molar-refractivity contribution in [3.05, 3.63) is 96.2 Å². The van der Waals surface area contributed by atoms with E-state index in [0.717, 1.165) is 48.0 Å². The van der Waals surface area contributed by atoms with Crippen molar-refractivity contribution in [3.8, 4) is 22.8 Å². The summed E-state index contributed by atoms with van der Waals surface area (Å²) in [6.45, 7) is 4.52. The third-order valence-corrected chi connectivity index (χ3v) is 7.45. The number of phenolic OH excluding ortho intramolecular Hbond substituents is 2. The number of fused-ring (bicyclic) bond motifs is 1. The van der Waals surface area contributed by atoms with Gasteiger partial charge >= 0.3 is 0 Å². The summed E-state index contributed by atoms with van der Waals surface area (Å²) in [5.41, 5.74) is 4.43. The van der Waals surface area contributed by atoms with Crippen molar-refractivity contribution in [2.45, 2.75) is 29.7 Å². The van der Waals surface area contributed by atoms with Crippen molar-refractivity contribution in [2.24, 2.45) is 0 Å². The number of nitrogens with one attached hydrogen (secondary N) is 1. The molecule has 194 valence electrons. The van der Waals surface area contributed by atoms with Gasteiger partial charge in [0.05, 0.1) is 11.9 Å². The fraction of sp³-hybridized carbons (Fsp3) is 0.200. The lowest BCUT2D eigenvalue weighted by atomic mass is 10.1. The van der Waals surface area contributed by atoms with Crippen LogP contribution in [0.2, 0.25) is 0 Å². The first-order valence-electron chi connectivity index (χ1n) is 12.6. The third-order valence-electron chi connectivity index (χ3n) is 6.33. The second-order valence-corrected chi connectivity index (χ2v) is 10.4. The Bertz CT molecular complexity index is 1530. The zero-order valence-electron chi connectivity index (χ0n) is 21.5. The van der Waals surface area contributed by atoms with Crippen LogP contribution in [0.1, 0.15) is 17.5 Å². The molecule has 3 aromatic carbocycles. The van der Waals surface area contributed by atoms with E-state index < -0.39 is 0 Å². The zero-order valence-corrected chi connectivity index (χ0v) is 22.3. The molecule has 2 aromatic heterocycles. The van der Waals surface area contributed by atoms with Gasteiger partial charge in [-0.25, -0.2) is 4.98 Å². The standard InChI is InChI=1S/C30H31N5O2S/c1-21-19-32-35-29(18-26(33-30(21)35)25-9-4-5-10-27(25)37)31-16-7-17-34(2)20-22-8-3-6-11-28(22)38-24-14-12-23(36)13-15-24/h3-6,8-15,18-19,31,36-37H,7,16-17,20H2,1-2H3. The lowest BCUT2D eigenvalue weighted by Crippen LogP contribution is -2.22. The molecule has 3 N–H and O–H groups in total. The molecule has 7 nitrogen and oxygen atoms in total. The van der Waals surface area contributed by atoms with Crippen LogP contribution >= 0.6 is 11.8 Å². The number of nitrogens with zero attached hydrogens (tertiary/aromatic N) is 4. The van der Waals surface area contributed by atoms with Gasteiger partial charge in [-0.1, -0.05) is 42.1 Å². The Morgan fingerprint density at radius 1 is 0.974 bits per heavy atom. The molecule has 0 aliphatic rings. The molecule has 0 radical (unpaired) electrons. The maximum absolute atomic E-state index is 10.4. The minimum atomic E-state index is 0.206. The molecule has 0 spiro atoms. The normalized spacial score (nSPS) is 11.3. The molecule has 8 heteroatoms. The number of rotatable bonds is 10. The van der Waals surface area contributed by atoms with Gasteiger partial charge in [0, 0.05) is 40.1 Å². The van der Waals surface area contributed by atoms with Crippen LogP contribution in [0.25, 0.3) is 16.9 Å². The number of phenols is 2. The van der Waals surface area contributed by atoms with Crippen LogP contribution in [0.4, 0.5) is 5.82 Å². The Hall–Kier alpha value is -4.01. The highest BCUT2D eigenvalue weighted by Crippen LogP contribution is 2.32. The first-order valence-corrected chi connectivity index (χ1v) is 13.4. The van der Waals surface area contributed by atoms with E-state index in [1.54, 1.807) is 30.0 Å². The predicted octanol–water partition coefficient (Wildman–Crippen LogP) is 6.20. The van der Waals surface area contributed by atoms with E-state index in [-0.39, 0.29) is 11.5 Å². The van der Waals surface area contributed by atoms with Crippen LogP contribution < -0.4 is 5.32 Å². The largest absolute Gasteiger partial charge is 0.508 e. The first-order chi connectivity index (χ1) is 18.5. The molecule has 2 heterocycles. The Morgan fingerprint density at radius 3 is 2.55 bits per heavy atom. The highest BCUT2D eigenvalue weighted by molar-refractivity contribution is 7.99.